The molecule has 0 saturated heterocycles. The molecule has 2 aliphatic heterocycles. The zero-order chi connectivity index (χ0) is 11.2. The number of aromatic nitrogens is 1. The van der Waals surface area contributed by atoms with Crippen LogP contribution in [0.1, 0.15) is 5.56 Å². The van der Waals surface area contributed by atoms with Crippen molar-refractivity contribution in [2.24, 2.45) is 9.98 Å². The molecule has 4 rings (SSSR count). The molecule has 3 nitrogen and oxygen atoms in total. The predicted octanol–water partition coefficient (Wildman–Crippen LogP) is 0.998. The molecule has 3 heterocycles. The van der Waals surface area contributed by atoms with Crippen molar-refractivity contribution in [2.75, 3.05) is 0 Å². The van der Waals surface area contributed by atoms with Gasteiger partial charge in [0.15, 0.2) is 5.82 Å². The fourth-order valence-corrected chi connectivity index (χ4v) is 2.30. The Hall–Kier alpha value is -2.29. The van der Waals surface area contributed by atoms with E-state index >= 15 is 0 Å². The molecule has 0 fully saturated rings. The van der Waals surface area contributed by atoms with E-state index in [0.717, 1.165) is 21.7 Å². The van der Waals surface area contributed by atoms with Gasteiger partial charge in [0.1, 0.15) is 0 Å². The van der Waals surface area contributed by atoms with Crippen LogP contribution in [0, 0.1) is 10.4 Å². The monoisotopic (exact) mass is 219 g/mol. The number of fused-ring (bicyclic) bond motifs is 3. The minimum atomic E-state index is 0.717. The Morgan fingerprint density at radius 2 is 2.00 bits per heavy atom. The normalized spacial score (nSPS) is 14.4. The maximum atomic E-state index is 4.60. The number of hydrogen-bond donors (Lipinski definition) is 0. The summed E-state index contributed by atoms with van der Waals surface area (Å²) >= 11 is 0. The average Bonchev–Trinajstić information content (AvgIpc) is 2.73. The Morgan fingerprint density at radius 3 is 3.00 bits per heavy atom. The van der Waals surface area contributed by atoms with Gasteiger partial charge in [-0.1, -0.05) is 18.2 Å². The second kappa shape index (κ2) is 3.10. The van der Waals surface area contributed by atoms with E-state index < -0.39 is 0 Å². The number of rotatable bonds is 0. The standard InChI is InChI=1S/C14H9N3/c1-2-4-13-10(3-1)11-7-9-8-15-6-5-12(9)16-14(11)17-13/h1-7H,8H2. The van der Waals surface area contributed by atoms with Crippen molar-refractivity contribution in [1.82, 2.24) is 4.98 Å². The maximum Gasteiger partial charge on any atom is 0.161 e. The molecule has 1 aromatic heterocycles. The van der Waals surface area contributed by atoms with E-state index in [4.69, 9.17) is 0 Å². The number of pyridine rings is 1. The minimum Gasteiger partial charge on any atom is -0.288 e. The molecule has 0 bridgehead atoms. The molecule has 0 saturated carbocycles. The van der Waals surface area contributed by atoms with E-state index in [-0.39, 0.29) is 0 Å². The van der Waals surface area contributed by atoms with Crippen LogP contribution in [0.2, 0.25) is 0 Å². The Balaban J connectivity index is 2.24. The first-order valence-corrected chi connectivity index (χ1v) is 5.60. The summed E-state index contributed by atoms with van der Waals surface area (Å²) in [4.78, 5) is 13.4. The van der Waals surface area contributed by atoms with Crippen molar-refractivity contribution in [1.29, 1.82) is 0 Å². The summed E-state index contributed by atoms with van der Waals surface area (Å²) < 4.78 is 0. The SMILES string of the molecule is C1=NCc2cc3c(nc2=C1)N=c1ccccc1=3. The smallest absolute Gasteiger partial charge is 0.161 e. The van der Waals surface area contributed by atoms with Crippen LogP contribution in [0.15, 0.2) is 40.3 Å². The molecule has 2 aromatic rings. The third-order valence-corrected chi connectivity index (χ3v) is 3.13. The van der Waals surface area contributed by atoms with E-state index in [9.17, 15) is 0 Å². The molecule has 0 unspecified atom stereocenters. The van der Waals surface area contributed by atoms with Gasteiger partial charge in [-0.05, 0) is 18.2 Å². The number of hydrogen-bond acceptors (Lipinski definition) is 3. The summed E-state index contributed by atoms with van der Waals surface area (Å²) in [6.45, 7) is 0.717. The highest BCUT2D eigenvalue weighted by atomic mass is 14.9. The first-order valence-electron chi connectivity index (χ1n) is 5.60. The van der Waals surface area contributed by atoms with Crippen molar-refractivity contribution in [2.45, 2.75) is 6.54 Å². The highest BCUT2D eigenvalue weighted by Gasteiger charge is 2.08. The van der Waals surface area contributed by atoms with Gasteiger partial charge in [0.2, 0.25) is 0 Å². The number of aliphatic imine (C=N–C) groups is 1. The predicted molar refractivity (Wildman–Crippen MR) is 65.5 cm³/mol. The molecule has 0 spiro atoms. The molecule has 0 amide bonds. The van der Waals surface area contributed by atoms with E-state index in [0.29, 0.717) is 6.54 Å². The second-order valence-electron chi connectivity index (χ2n) is 4.19. The fraction of sp³-hybridized carbons (Fsp3) is 0.0714. The first-order chi connectivity index (χ1) is 8.42. The van der Waals surface area contributed by atoms with Crippen LogP contribution in [0.25, 0.3) is 6.08 Å². The third kappa shape index (κ3) is 1.19. The van der Waals surface area contributed by atoms with Gasteiger partial charge >= 0.3 is 0 Å². The molecule has 2 aliphatic rings. The Kier molecular flexibility index (Phi) is 1.61. The summed E-state index contributed by atoms with van der Waals surface area (Å²) in [7, 11) is 0. The summed E-state index contributed by atoms with van der Waals surface area (Å²) in [5, 5.41) is 4.31. The van der Waals surface area contributed by atoms with Crippen LogP contribution in [-0.2, 0) is 6.54 Å². The summed E-state index contributed by atoms with van der Waals surface area (Å²) in [5.41, 5.74) is 1.18. The van der Waals surface area contributed by atoms with Crippen LogP contribution in [0.4, 0.5) is 5.82 Å². The average molecular weight is 219 g/mol. The Morgan fingerprint density at radius 1 is 1.06 bits per heavy atom. The molecule has 3 heteroatoms. The molecule has 0 atom stereocenters. The van der Waals surface area contributed by atoms with Gasteiger partial charge < -0.3 is 0 Å². The van der Waals surface area contributed by atoms with E-state index in [2.05, 4.69) is 27.1 Å². The topological polar surface area (TPSA) is 37.6 Å². The molecule has 80 valence electrons. The lowest BCUT2D eigenvalue weighted by Crippen LogP contribution is -2.16. The van der Waals surface area contributed by atoms with Crippen LogP contribution >= 0.6 is 0 Å². The molecule has 0 radical (unpaired) electrons. The highest BCUT2D eigenvalue weighted by Crippen LogP contribution is 2.14. The zero-order valence-electron chi connectivity index (χ0n) is 9.09. The molecule has 0 aliphatic carbocycles. The van der Waals surface area contributed by atoms with E-state index in [1.165, 1.54) is 10.8 Å². The van der Waals surface area contributed by atoms with Crippen molar-refractivity contribution < 1.29 is 0 Å². The molecule has 0 N–H and O–H groups in total. The molecule has 17 heavy (non-hydrogen) atoms. The zero-order valence-corrected chi connectivity index (χ0v) is 9.09. The van der Waals surface area contributed by atoms with Gasteiger partial charge in [0, 0.05) is 22.2 Å². The van der Waals surface area contributed by atoms with Crippen molar-refractivity contribution in [3.63, 3.8) is 0 Å². The molecular formula is C14H9N3. The van der Waals surface area contributed by atoms with Crippen LogP contribution in [0.5, 0.6) is 0 Å². The molecular weight excluding hydrogens is 210 g/mol. The lowest BCUT2D eigenvalue weighted by molar-refractivity contribution is 1.01. The van der Waals surface area contributed by atoms with Gasteiger partial charge in [-0.2, -0.15) is 0 Å². The summed E-state index contributed by atoms with van der Waals surface area (Å²) in [6.07, 6.45) is 3.75. The molecule has 1 aromatic carbocycles. The van der Waals surface area contributed by atoms with Crippen molar-refractivity contribution in [3.8, 4) is 0 Å². The highest BCUT2D eigenvalue weighted by molar-refractivity contribution is 5.91. The first kappa shape index (κ1) is 8.82. The summed E-state index contributed by atoms with van der Waals surface area (Å²) in [5.74, 6) is 0.830. The minimum absolute atomic E-state index is 0.717. The van der Waals surface area contributed by atoms with Crippen LogP contribution < -0.4 is 10.7 Å². The lowest BCUT2D eigenvalue weighted by atomic mass is 10.1. The van der Waals surface area contributed by atoms with Crippen LogP contribution in [0.3, 0.4) is 0 Å². The maximum absolute atomic E-state index is 4.60. The van der Waals surface area contributed by atoms with Crippen molar-refractivity contribution in [3.05, 3.63) is 57.0 Å². The Bertz CT molecular complexity index is 863. The number of benzene rings is 1. The van der Waals surface area contributed by atoms with E-state index in [1.54, 1.807) is 0 Å². The second-order valence-corrected chi connectivity index (χ2v) is 4.19. The van der Waals surface area contributed by atoms with Crippen LogP contribution in [-0.4, -0.2) is 11.2 Å². The Labute approximate surface area is 97.2 Å². The number of para-hydroxylation sites is 1. The third-order valence-electron chi connectivity index (χ3n) is 3.13. The summed E-state index contributed by atoms with van der Waals surface area (Å²) in [6, 6.07) is 10.3. The van der Waals surface area contributed by atoms with Gasteiger partial charge in [0.05, 0.1) is 17.3 Å². The quantitative estimate of drug-likeness (QED) is 0.555. The van der Waals surface area contributed by atoms with E-state index in [1.807, 2.05) is 30.5 Å². The van der Waals surface area contributed by atoms with Gasteiger partial charge in [-0.3, -0.25) is 4.99 Å². The fourth-order valence-electron chi connectivity index (χ4n) is 2.30. The largest absolute Gasteiger partial charge is 0.288 e. The number of nitrogens with zero attached hydrogens (tertiary/aromatic N) is 3. The van der Waals surface area contributed by atoms with Gasteiger partial charge in [-0.25, -0.2) is 9.98 Å². The van der Waals surface area contributed by atoms with Gasteiger partial charge in [-0.15, -0.1) is 0 Å². The van der Waals surface area contributed by atoms with Crippen molar-refractivity contribution >= 4 is 18.1 Å². The van der Waals surface area contributed by atoms with Gasteiger partial charge in [0.25, 0.3) is 0 Å². The lowest BCUT2D eigenvalue weighted by Gasteiger charge is -2.02.